The molecule has 1 aromatic rings. The number of methoxy groups -OCH3 is 1. The number of amides is 2. The van der Waals surface area contributed by atoms with E-state index in [4.69, 9.17) is 0 Å². The second-order valence-electron chi connectivity index (χ2n) is 4.22. The van der Waals surface area contributed by atoms with Crippen molar-refractivity contribution in [2.24, 2.45) is 0 Å². The van der Waals surface area contributed by atoms with Crippen LogP contribution in [0.2, 0.25) is 0 Å². The van der Waals surface area contributed by atoms with Gasteiger partial charge in [-0.1, -0.05) is 30.3 Å². The summed E-state index contributed by atoms with van der Waals surface area (Å²) >= 11 is 0. The number of esters is 1. The second-order valence-corrected chi connectivity index (χ2v) is 4.22. The summed E-state index contributed by atoms with van der Waals surface area (Å²) in [6.07, 6.45) is 0. The van der Waals surface area contributed by atoms with E-state index in [-0.39, 0.29) is 13.1 Å². The summed E-state index contributed by atoms with van der Waals surface area (Å²) < 4.78 is 4.49. The normalized spacial score (nSPS) is 11.3. The quantitative estimate of drug-likeness (QED) is 0.764. The van der Waals surface area contributed by atoms with Gasteiger partial charge in [0.15, 0.2) is 6.04 Å². The molecule has 1 aromatic carbocycles. The molecule has 1 atom stereocenters. The van der Waals surface area contributed by atoms with E-state index in [1.54, 1.807) is 37.3 Å². The van der Waals surface area contributed by atoms with Gasteiger partial charge in [-0.2, -0.15) is 0 Å². The lowest BCUT2D eigenvalue weighted by Crippen LogP contribution is -2.45. The molecular weight excluding hydrogens is 276 g/mol. The van der Waals surface area contributed by atoms with Crippen LogP contribution in [0, 0.1) is 0 Å². The Labute approximate surface area is 122 Å². The third-order valence-corrected chi connectivity index (χ3v) is 2.86. The number of nitrogens with one attached hydrogen (secondary N) is 1. The number of carbonyl (C=O) groups excluding carboxylic acids is 2. The molecule has 0 aliphatic heterocycles. The van der Waals surface area contributed by atoms with Gasteiger partial charge in [-0.25, -0.2) is 9.59 Å². The smallest absolute Gasteiger partial charge is 0.330 e. The number of benzene rings is 1. The molecule has 0 aliphatic carbocycles. The van der Waals surface area contributed by atoms with Crippen molar-refractivity contribution in [3.8, 4) is 0 Å². The number of urea groups is 1. The van der Waals surface area contributed by atoms with Crippen LogP contribution in [0.5, 0.6) is 0 Å². The van der Waals surface area contributed by atoms with E-state index in [1.807, 2.05) is 0 Å². The molecule has 1 unspecified atom stereocenters. The number of ether oxygens (including phenoxy) is 1. The number of likely N-dealkylation sites (N-methyl/N-ethyl adjacent to an activating group) is 1. The van der Waals surface area contributed by atoms with E-state index in [0.29, 0.717) is 5.56 Å². The van der Waals surface area contributed by atoms with Gasteiger partial charge in [0.05, 0.1) is 7.11 Å². The van der Waals surface area contributed by atoms with Crippen molar-refractivity contribution in [2.45, 2.75) is 13.0 Å². The fourth-order valence-electron chi connectivity index (χ4n) is 1.70. The summed E-state index contributed by atoms with van der Waals surface area (Å²) in [5, 5.41) is 11.6. The Morgan fingerprint density at radius 3 is 2.38 bits per heavy atom. The Balaban J connectivity index is 2.81. The topological polar surface area (TPSA) is 95.9 Å². The Bertz CT molecular complexity index is 503. The number of rotatable bonds is 6. The van der Waals surface area contributed by atoms with Crippen LogP contribution < -0.4 is 5.32 Å². The SMILES string of the molecule is CCN(CC(=O)OC)C(=O)NC(C(=O)O)c1ccccc1. The summed E-state index contributed by atoms with van der Waals surface area (Å²) in [6.45, 7) is 1.70. The highest BCUT2D eigenvalue weighted by Crippen LogP contribution is 2.13. The lowest BCUT2D eigenvalue weighted by Gasteiger charge is -2.23. The molecule has 0 saturated heterocycles. The molecule has 0 bridgehead atoms. The molecule has 0 aromatic heterocycles. The summed E-state index contributed by atoms with van der Waals surface area (Å²) in [7, 11) is 1.22. The van der Waals surface area contributed by atoms with Crippen molar-refractivity contribution >= 4 is 18.0 Å². The largest absolute Gasteiger partial charge is 0.479 e. The number of aliphatic carboxylic acids is 1. The first kappa shape index (κ1) is 16.5. The average Bonchev–Trinajstić information content (AvgIpc) is 2.50. The van der Waals surface area contributed by atoms with Crippen molar-refractivity contribution in [3.63, 3.8) is 0 Å². The van der Waals surface area contributed by atoms with Gasteiger partial charge in [0.25, 0.3) is 0 Å². The molecule has 0 saturated carbocycles. The van der Waals surface area contributed by atoms with Crippen LogP contribution in [0.4, 0.5) is 4.79 Å². The Kier molecular flexibility index (Phi) is 6.19. The molecule has 2 amide bonds. The maximum absolute atomic E-state index is 12.1. The summed E-state index contributed by atoms with van der Waals surface area (Å²) in [4.78, 5) is 35.7. The zero-order chi connectivity index (χ0) is 15.8. The summed E-state index contributed by atoms with van der Waals surface area (Å²) in [6, 6.07) is 6.52. The molecule has 21 heavy (non-hydrogen) atoms. The van der Waals surface area contributed by atoms with E-state index in [2.05, 4.69) is 10.1 Å². The minimum atomic E-state index is -1.18. The number of carbonyl (C=O) groups is 3. The molecule has 7 heteroatoms. The van der Waals surface area contributed by atoms with Crippen molar-refractivity contribution in [1.29, 1.82) is 0 Å². The fourth-order valence-corrected chi connectivity index (χ4v) is 1.70. The minimum Gasteiger partial charge on any atom is -0.479 e. The monoisotopic (exact) mass is 294 g/mol. The van der Waals surface area contributed by atoms with E-state index >= 15 is 0 Å². The van der Waals surface area contributed by atoms with Gasteiger partial charge in [-0.3, -0.25) is 4.79 Å². The van der Waals surface area contributed by atoms with Gasteiger partial charge in [-0.05, 0) is 12.5 Å². The Morgan fingerprint density at radius 1 is 1.29 bits per heavy atom. The van der Waals surface area contributed by atoms with E-state index < -0.39 is 24.0 Å². The molecule has 0 heterocycles. The first-order valence-corrected chi connectivity index (χ1v) is 6.39. The molecule has 114 valence electrons. The second kappa shape index (κ2) is 7.88. The van der Waals surface area contributed by atoms with E-state index in [0.717, 1.165) is 0 Å². The average molecular weight is 294 g/mol. The predicted octanol–water partition coefficient (Wildman–Crippen LogP) is 1.02. The zero-order valence-corrected chi connectivity index (χ0v) is 11.9. The Morgan fingerprint density at radius 2 is 1.90 bits per heavy atom. The summed E-state index contributed by atoms with van der Waals surface area (Å²) in [5.74, 6) is -1.75. The van der Waals surface area contributed by atoms with Crippen LogP contribution in [0.1, 0.15) is 18.5 Å². The molecule has 0 spiro atoms. The molecule has 7 nitrogen and oxygen atoms in total. The van der Waals surface area contributed by atoms with Gasteiger partial charge in [-0.15, -0.1) is 0 Å². The molecule has 2 N–H and O–H groups in total. The number of hydrogen-bond acceptors (Lipinski definition) is 4. The number of carboxylic acids is 1. The van der Waals surface area contributed by atoms with Crippen LogP contribution in [-0.4, -0.2) is 48.2 Å². The molecule has 1 rings (SSSR count). The van der Waals surface area contributed by atoms with Gasteiger partial charge < -0.3 is 20.1 Å². The molecule has 0 aliphatic rings. The number of carboxylic acid groups (broad SMARTS) is 1. The highest BCUT2D eigenvalue weighted by molar-refractivity contribution is 5.85. The first-order chi connectivity index (χ1) is 9.99. The van der Waals surface area contributed by atoms with Crippen LogP contribution in [0.3, 0.4) is 0 Å². The standard InChI is InChI=1S/C14H18N2O5/c1-3-16(9-11(17)21-2)14(20)15-12(13(18)19)10-7-5-4-6-8-10/h4-8,12H,3,9H2,1-2H3,(H,15,20)(H,18,19). The third kappa shape index (κ3) is 4.79. The summed E-state index contributed by atoms with van der Waals surface area (Å²) in [5.41, 5.74) is 0.451. The first-order valence-electron chi connectivity index (χ1n) is 6.39. The van der Waals surface area contributed by atoms with Crippen LogP contribution in [0.25, 0.3) is 0 Å². The third-order valence-electron chi connectivity index (χ3n) is 2.86. The van der Waals surface area contributed by atoms with Crippen LogP contribution >= 0.6 is 0 Å². The molecule has 0 radical (unpaired) electrons. The van der Waals surface area contributed by atoms with Crippen molar-refractivity contribution < 1.29 is 24.2 Å². The van der Waals surface area contributed by atoms with E-state index in [9.17, 15) is 19.5 Å². The highest BCUT2D eigenvalue weighted by Gasteiger charge is 2.25. The van der Waals surface area contributed by atoms with Crippen molar-refractivity contribution in [3.05, 3.63) is 35.9 Å². The van der Waals surface area contributed by atoms with E-state index in [1.165, 1.54) is 12.0 Å². The lowest BCUT2D eigenvalue weighted by atomic mass is 10.1. The molecular formula is C14H18N2O5. The van der Waals surface area contributed by atoms with Gasteiger partial charge >= 0.3 is 18.0 Å². The van der Waals surface area contributed by atoms with Crippen molar-refractivity contribution in [2.75, 3.05) is 20.2 Å². The maximum Gasteiger partial charge on any atom is 0.330 e. The highest BCUT2D eigenvalue weighted by atomic mass is 16.5. The predicted molar refractivity (Wildman–Crippen MR) is 74.6 cm³/mol. The zero-order valence-electron chi connectivity index (χ0n) is 11.9. The number of hydrogen-bond donors (Lipinski definition) is 2. The molecule has 0 fully saturated rings. The minimum absolute atomic E-state index is 0.236. The number of nitrogens with zero attached hydrogens (tertiary/aromatic N) is 1. The maximum atomic E-state index is 12.1. The van der Waals surface area contributed by atoms with Gasteiger partial charge in [0.1, 0.15) is 6.54 Å². The fraction of sp³-hybridized carbons (Fsp3) is 0.357. The lowest BCUT2D eigenvalue weighted by molar-refractivity contribution is -0.141. The Hall–Kier alpha value is -2.57. The van der Waals surface area contributed by atoms with Crippen LogP contribution in [-0.2, 0) is 14.3 Å². The van der Waals surface area contributed by atoms with Gasteiger partial charge in [0, 0.05) is 6.54 Å². The van der Waals surface area contributed by atoms with Gasteiger partial charge in [0.2, 0.25) is 0 Å². The van der Waals surface area contributed by atoms with Crippen LogP contribution in [0.15, 0.2) is 30.3 Å². The van der Waals surface area contributed by atoms with Crippen molar-refractivity contribution in [1.82, 2.24) is 10.2 Å².